The smallest absolute Gasteiger partial charge is 0.270 e. The largest absolute Gasteiger partial charge is 0.391 e. The highest BCUT2D eigenvalue weighted by atomic mass is 32.1. The summed E-state index contributed by atoms with van der Waals surface area (Å²) in [6, 6.07) is 15.8. The molecule has 7 rings (SSSR count). The maximum Gasteiger partial charge on any atom is 0.270 e. The van der Waals surface area contributed by atoms with Crippen molar-refractivity contribution >= 4 is 46.7 Å². The highest BCUT2D eigenvalue weighted by molar-refractivity contribution is 7.13. The van der Waals surface area contributed by atoms with Gasteiger partial charge in [-0.1, -0.05) is 69.3 Å². The zero-order valence-corrected chi connectivity index (χ0v) is 41.2. The Morgan fingerprint density at radius 3 is 2.34 bits per heavy atom. The number of benzene rings is 2. The molecule has 5 heterocycles. The predicted octanol–water partition coefficient (Wildman–Crippen LogP) is 2.30. The molecule has 2 aromatic heterocycles. The molecule has 3 aliphatic heterocycles. The van der Waals surface area contributed by atoms with Crippen molar-refractivity contribution in [2.45, 2.75) is 96.8 Å². The zero-order valence-electron chi connectivity index (χ0n) is 40.4. The van der Waals surface area contributed by atoms with Gasteiger partial charge < -0.3 is 50.8 Å². The number of aryl methyl sites for hydroxylation is 1. The molecule has 2 saturated heterocycles. The predicted molar refractivity (Wildman–Crippen MR) is 262 cm³/mol. The first-order valence-corrected chi connectivity index (χ1v) is 24.8. The second kappa shape index (κ2) is 24.3. The quantitative estimate of drug-likeness (QED) is 0.0620. The second-order valence-electron chi connectivity index (χ2n) is 19.2. The number of anilines is 1. The van der Waals surface area contributed by atoms with Gasteiger partial charge in [0.05, 0.1) is 67.2 Å². The first-order chi connectivity index (χ1) is 33.6. The third kappa shape index (κ3) is 14.4. The number of aliphatic hydroxyl groups is 2. The molecule has 20 heteroatoms. The molecule has 3 aliphatic rings. The number of carbonyl (C=O) groups excluding carboxylic acids is 5. The fourth-order valence-electron chi connectivity index (χ4n) is 8.73. The number of amides is 5. The number of thiazole rings is 1. The topological polar surface area (TPSA) is 241 Å². The first kappa shape index (κ1) is 51.9. The highest BCUT2D eigenvalue weighted by Crippen LogP contribution is 2.29. The minimum absolute atomic E-state index is 0.0144. The fourth-order valence-corrected chi connectivity index (χ4v) is 9.55. The zero-order chi connectivity index (χ0) is 49.8. The maximum atomic E-state index is 14.0. The molecule has 0 spiro atoms. The van der Waals surface area contributed by atoms with Crippen LogP contribution in [0, 0.1) is 12.3 Å². The van der Waals surface area contributed by atoms with E-state index in [1.165, 1.54) is 22.4 Å². The lowest BCUT2D eigenvalue weighted by atomic mass is 9.85. The van der Waals surface area contributed by atoms with Crippen LogP contribution in [0.4, 0.5) is 5.82 Å². The van der Waals surface area contributed by atoms with Crippen LogP contribution in [0.15, 0.2) is 66.4 Å². The van der Waals surface area contributed by atoms with Crippen molar-refractivity contribution < 1.29 is 43.7 Å². The van der Waals surface area contributed by atoms with Crippen molar-refractivity contribution in [2.75, 3.05) is 71.0 Å². The average molecular weight is 983 g/mol. The van der Waals surface area contributed by atoms with Crippen molar-refractivity contribution in [1.29, 1.82) is 0 Å². The molecule has 2 fully saturated rings. The molecule has 0 radical (unpaired) electrons. The molecule has 4 unspecified atom stereocenters. The third-order valence-corrected chi connectivity index (χ3v) is 13.7. The lowest BCUT2D eigenvalue weighted by molar-refractivity contribution is -0.144. The van der Waals surface area contributed by atoms with Gasteiger partial charge in [0.25, 0.3) is 5.91 Å². The molecule has 4 aromatic rings. The number of aromatic nitrogens is 3. The Morgan fingerprint density at radius 1 is 0.900 bits per heavy atom. The molecule has 19 nitrogen and oxygen atoms in total. The summed E-state index contributed by atoms with van der Waals surface area (Å²) >= 11 is 1.57. The Hall–Kier alpha value is -5.90. The van der Waals surface area contributed by atoms with Crippen LogP contribution >= 0.6 is 11.3 Å². The summed E-state index contributed by atoms with van der Waals surface area (Å²) in [6.07, 6.45) is 0.879. The van der Waals surface area contributed by atoms with Crippen LogP contribution < -0.4 is 21.3 Å². The van der Waals surface area contributed by atoms with Crippen LogP contribution in [-0.4, -0.2) is 165 Å². The number of nitrogens with zero attached hydrogens (tertiary/aromatic N) is 6. The van der Waals surface area contributed by atoms with Gasteiger partial charge in [0, 0.05) is 71.3 Å². The third-order valence-electron chi connectivity index (χ3n) is 12.7. The van der Waals surface area contributed by atoms with Gasteiger partial charge in [-0.05, 0) is 41.0 Å². The fraction of sp³-hybridized carbons (Fsp3) is 0.520. The minimum atomic E-state index is -0.957. The maximum absolute atomic E-state index is 14.0. The molecule has 5 amide bonds. The number of hydrogen-bond donors (Lipinski definition) is 6. The molecule has 2 aromatic carbocycles. The van der Waals surface area contributed by atoms with Gasteiger partial charge in [-0.15, -0.1) is 11.3 Å². The molecule has 0 aliphatic carbocycles. The van der Waals surface area contributed by atoms with Gasteiger partial charge in [0.2, 0.25) is 23.6 Å². The molecule has 6 N–H and O–H groups in total. The van der Waals surface area contributed by atoms with E-state index < -0.39 is 47.4 Å². The molecule has 376 valence electrons. The number of β-amino-alcohol motifs (C(OH)–C–C–N with tert-alkyl or cyclic N) is 2. The van der Waals surface area contributed by atoms with Crippen LogP contribution in [0.1, 0.15) is 72.9 Å². The molecular formula is C50H66N10O9S. The van der Waals surface area contributed by atoms with E-state index in [0.717, 1.165) is 41.2 Å². The van der Waals surface area contributed by atoms with E-state index in [9.17, 15) is 34.2 Å². The van der Waals surface area contributed by atoms with E-state index in [1.807, 2.05) is 64.1 Å². The van der Waals surface area contributed by atoms with Crippen molar-refractivity contribution in [1.82, 2.24) is 45.6 Å². The summed E-state index contributed by atoms with van der Waals surface area (Å²) in [5, 5.41) is 32.9. The Balaban J connectivity index is 0.737. The molecule has 0 bridgehead atoms. The van der Waals surface area contributed by atoms with Crippen molar-refractivity contribution in [3.05, 3.63) is 94.5 Å². The van der Waals surface area contributed by atoms with Crippen LogP contribution in [0.25, 0.3) is 10.4 Å². The number of rotatable bonds is 22. The molecule has 4 atom stereocenters. The van der Waals surface area contributed by atoms with Gasteiger partial charge in [-0.2, -0.15) is 0 Å². The summed E-state index contributed by atoms with van der Waals surface area (Å²) in [6.45, 7) is 11.4. The Labute approximate surface area is 412 Å². The first-order valence-electron chi connectivity index (χ1n) is 23.9. The Kier molecular flexibility index (Phi) is 18.0. The SMILES string of the molecule is Cc1ncsc1-c1ccc(CNC(=O)C2CC(O)CN2C(=O)C(NC(=O)CCOCCOCCC(=O)N2CC(Nc3cc(C(=O)NCC(O)CN4CCc5ccccc5C4)ncn3)C2)C(C)(C)C)cc1. The number of carbonyl (C=O) groups is 5. The van der Waals surface area contributed by atoms with Gasteiger partial charge in [-0.25, -0.2) is 15.0 Å². The summed E-state index contributed by atoms with van der Waals surface area (Å²) in [5.74, 6) is -1.23. The number of hydrogen-bond acceptors (Lipinski definition) is 15. The lowest BCUT2D eigenvalue weighted by Gasteiger charge is -2.39. The van der Waals surface area contributed by atoms with E-state index in [-0.39, 0.29) is 88.9 Å². The second-order valence-corrected chi connectivity index (χ2v) is 20.1. The van der Waals surface area contributed by atoms with Gasteiger partial charge in [0.1, 0.15) is 29.9 Å². The number of ether oxygens (including phenoxy) is 2. The standard InChI is InChI=1S/C50H66N10O9S/c1-32-45(70-31-55-32)35-11-9-33(10-12-35)23-51-48(66)41-21-38(61)29-60(41)49(67)46(50(2,3)4)57-43(63)14-17-68-19-20-69-18-15-44(64)59-26-37(27-59)56-42-22-40(53-30-54-42)47(65)52-24-39(62)28-58-16-13-34-7-5-6-8-36(34)25-58/h5-12,22,30-31,37-39,41,46,61-62H,13-21,23-29H2,1-4H3,(H,51,66)(H,52,65)(H,57,63)(H,53,54,56). The van der Waals surface area contributed by atoms with Crippen molar-refractivity contribution in [3.8, 4) is 10.4 Å². The minimum Gasteiger partial charge on any atom is -0.391 e. The van der Waals surface area contributed by atoms with Crippen LogP contribution in [0.3, 0.4) is 0 Å². The summed E-state index contributed by atoms with van der Waals surface area (Å²) < 4.78 is 11.2. The van der Waals surface area contributed by atoms with Crippen LogP contribution in [0.2, 0.25) is 0 Å². The Bertz CT molecular complexity index is 2430. The Morgan fingerprint density at radius 2 is 1.63 bits per heavy atom. The van der Waals surface area contributed by atoms with Crippen LogP contribution in [0.5, 0.6) is 0 Å². The summed E-state index contributed by atoms with van der Waals surface area (Å²) in [4.78, 5) is 85.0. The van der Waals surface area contributed by atoms with Crippen LogP contribution in [-0.2, 0) is 48.2 Å². The highest BCUT2D eigenvalue weighted by Gasteiger charge is 2.44. The van der Waals surface area contributed by atoms with E-state index in [0.29, 0.717) is 25.5 Å². The van der Waals surface area contributed by atoms with Crippen molar-refractivity contribution in [2.24, 2.45) is 5.41 Å². The van der Waals surface area contributed by atoms with E-state index >= 15 is 0 Å². The molecule has 70 heavy (non-hydrogen) atoms. The number of fused-ring (bicyclic) bond motifs is 1. The summed E-state index contributed by atoms with van der Waals surface area (Å²) in [5.41, 5.74) is 6.76. The average Bonchev–Trinajstić information content (AvgIpc) is 3.95. The van der Waals surface area contributed by atoms with Crippen molar-refractivity contribution in [3.63, 3.8) is 0 Å². The van der Waals surface area contributed by atoms with Gasteiger partial charge in [-0.3, -0.25) is 28.9 Å². The lowest BCUT2D eigenvalue weighted by Crippen LogP contribution is -2.57. The van der Waals surface area contributed by atoms with E-state index in [2.05, 4.69) is 53.3 Å². The van der Waals surface area contributed by atoms with E-state index in [4.69, 9.17) is 9.47 Å². The monoisotopic (exact) mass is 982 g/mol. The number of nitrogens with one attached hydrogen (secondary N) is 4. The molecular weight excluding hydrogens is 917 g/mol. The summed E-state index contributed by atoms with van der Waals surface area (Å²) in [7, 11) is 0. The number of aliphatic hydroxyl groups excluding tert-OH is 2. The van der Waals surface area contributed by atoms with E-state index in [1.54, 1.807) is 27.8 Å². The van der Waals surface area contributed by atoms with Gasteiger partial charge in [0.15, 0.2) is 0 Å². The number of likely N-dealkylation sites (tertiary alicyclic amines) is 2. The normalized spacial score (nSPS) is 18.1. The molecule has 0 saturated carbocycles. The van der Waals surface area contributed by atoms with Gasteiger partial charge >= 0.3 is 0 Å².